The minimum absolute atomic E-state index is 0.162. The van der Waals surface area contributed by atoms with Gasteiger partial charge in [-0.05, 0) is 48.3 Å². The van der Waals surface area contributed by atoms with Gasteiger partial charge in [0.2, 0.25) is 0 Å². The molecule has 0 atom stereocenters. The number of hydrogen-bond donors (Lipinski definition) is 1. The van der Waals surface area contributed by atoms with E-state index in [0.717, 1.165) is 26.4 Å². The highest BCUT2D eigenvalue weighted by molar-refractivity contribution is 7.19. The third kappa shape index (κ3) is 4.02. The van der Waals surface area contributed by atoms with Crippen molar-refractivity contribution >= 4 is 39.2 Å². The molecule has 0 saturated carbocycles. The van der Waals surface area contributed by atoms with Gasteiger partial charge < -0.3 is 5.11 Å². The molecule has 0 aliphatic heterocycles. The van der Waals surface area contributed by atoms with Crippen LogP contribution in [0.3, 0.4) is 0 Å². The van der Waals surface area contributed by atoms with E-state index < -0.39 is 5.97 Å². The van der Waals surface area contributed by atoms with Crippen LogP contribution in [0.1, 0.15) is 29.8 Å². The molecule has 0 unspecified atom stereocenters. The molecule has 0 spiro atoms. The van der Waals surface area contributed by atoms with E-state index in [4.69, 9.17) is 5.11 Å². The second-order valence-electron chi connectivity index (χ2n) is 5.19. The second kappa shape index (κ2) is 7.15. The van der Waals surface area contributed by atoms with Gasteiger partial charge in [0, 0.05) is 18.8 Å². The number of rotatable bonds is 6. The van der Waals surface area contributed by atoms with Crippen LogP contribution in [0.5, 0.6) is 0 Å². The zero-order chi connectivity index (χ0) is 16.1. The lowest BCUT2D eigenvalue weighted by atomic mass is 10.1. The number of pyridine rings is 1. The van der Waals surface area contributed by atoms with E-state index in [1.807, 2.05) is 36.4 Å². The standard InChI is InChI=1S/C18H16N2O2S/c21-17(22)9-3-6-14(11-13-5-4-10-19-12-13)18-20-15-7-1-2-8-16(15)23-18/h1-2,4-5,7-8,10-12H,3,6,9H2,(H,21,22). The number of thiazole rings is 1. The largest absolute Gasteiger partial charge is 0.481 e. The number of allylic oxidation sites excluding steroid dienone is 1. The summed E-state index contributed by atoms with van der Waals surface area (Å²) in [6.07, 6.45) is 7.02. The van der Waals surface area contributed by atoms with E-state index in [1.165, 1.54) is 0 Å². The summed E-state index contributed by atoms with van der Waals surface area (Å²) in [5.74, 6) is -0.768. The highest BCUT2D eigenvalue weighted by Gasteiger charge is 2.10. The Morgan fingerprint density at radius 2 is 2.04 bits per heavy atom. The number of aliphatic carboxylic acids is 1. The first kappa shape index (κ1) is 15.4. The molecule has 0 fully saturated rings. The smallest absolute Gasteiger partial charge is 0.303 e. The summed E-state index contributed by atoms with van der Waals surface area (Å²) in [7, 11) is 0. The average molecular weight is 324 g/mol. The SMILES string of the molecule is O=C(O)CCCC(=Cc1cccnc1)c1nc2ccccc2s1. The van der Waals surface area contributed by atoms with Crippen molar-refractivity contribution in [2.24, 2.45) is 0 Å². The van der Waals surface area contributed by atoms with Gasteiger partial charge in [-0.1, -0.05) is 18.2 Å². The number of para-hydroxylation sites is 1. The van der Waals surface area contributed by atoms with Gasteiger partial charge in [-0.15, -0.1) is 11.3 Å². The third-order valence-corrected chi connectivity index (χ3v) is 4.54. The minimum Gasteiger partial charge on any atom is -0.481 e. The molecule has 0 radical (unpaired) electrons. The Kier molecular flexibility index (Phi) is 4.78. The van der Waals surface area contributed by atoms with E-state index in [2.05, 4.69) is 16.0 Å². The van der Waals surface area contributed by atoms with Gasteiger partial charge in [-0.3, -0.25) is 9.78 Å². The molecule has 3 rings (SSSR count). The van der Waals surface area contributed by atoms with Gasteiger partial charge in [0.15, 0.2) is 0 Å². The van der Waals surface area contributed by atoms with Crippen LogP contribution in [0, 0.1) is 0 Å². The summed E-state index contributed by atoms with van der Waals surface area (Å²) < 4.78 is 1.14. The summed E-state index contributed by atoms with van der Waals surface area (Å²) in [6.45, 7) is 0. The zero-order valence-electron chi connectivity index (χ0n) is 12.5. The molecule has 0 aliphatic rings. The number of hydrogen-bond acceptors (Lipinski definition) is 4. The normalized spacial score (nSPS) is 11.7. The van der Waals surface area contributed by atoms with Gasteiger partial charge in [0.05, 0.1) is 10.2 Å². The Labute approximate surface area is 138 Å². The van der Waals surface area contributed by atoms with Crippen molar-refractivity contribution in [3.8, 4) is 0 Å². The molecular weight excluding hydrogens is 308 g/mol. The van der Waals surface area contributed by atoms with Crippen LogP contribution in [0.15, 0.2) is 48.8 Å². The molecule has 1 aromatic carbocycles. The minimum atomic E-state index is -0.768. The van der Waals surface area contributed by atoms with Gasteiger partial charge >= 0.3 is 5.97 Å². The van der Waals surface area contributed by atoms with Crippen molar-refractivity contribution in [2.45, 2.75) is 19.3 Å². The number of benzene rings is 1. The fourth-order valence-electron chi connectivity index (χ4n) is 2.34. The first-order valence-electron chi connectivity index (χ1n) is 7.41. The summed E-state index contributed by atoms with van der Waals surface area (Å²) >= 11 is 1.64. The number of fused-ring (bicyclic) bond motifs is 1. The molecule has 0 bridgehead atoms. The van der Waals surface area contributed by atoms with Gasteiger partial charge in [0.1, 0.15) is 5.01 Å². The Bertz CT molecular complexity index is 807. The Morgan fingerprint density at radius 3 is 2.78 bits per heavy atom. The lowest BCUT2D eigenvalue weighted by Gasteiger charge is -2.04. The first-order chi connectivity index (χ1) is 11.2. The van der Waals surface area contributed by atoms with Crippen LogP contribution in [-0.2, 0) is 4.79 Å². The lowest BCUT2D eigenvalue weighted by Crippen LogP contribution is -1.94. The topological polar surface area (TPSA) is 63.1 Å². The van der Waals surface area contributed by atoms with Crippen molar-refractivity contribution in [3.05, 3.63) is 59.4 Å². The van der Waals surface area contributed by atoms with E-state index in [0.29, 0.717) is 12.8 Å². The molecule has 2 aromatic heterocycles. The maximum atomic E-state index is 10.8. The molecule has 0 amide bonds. The predicted octanol–water partition coefficient (Wildman–Crippen LogP) is 4.49. The molecule has 23 heavy (non-hydrogen) atoms. The molecule has 5 heteroatoms. The zero-order valence-corrected chi connectivity index (χ0v) is 13.3. The molecule has 1 N–H and O–H groups in total. The molecule has 2 heterocycles. The number of aromatic nitrogens is 2. The van der Waals surface area contributed by atoms with E-state index >= 15 is 0 Å². The summed E-state index contributed by atoms with van der Waals surface area (Å²) in [5.41, 5.74) is 3.03. The van der Waals surface area contributed by atoms with Crippen LogP contribution in [0.2, 0.25) is 0 Å². The first-order valence-corrected chi connectivity index (χ1v) is 8.22. The third-order valence-electron chi connectivity index (χ3n) is 3.43. The fourth-order valence-corrected chi connectivity index (χ4v) is 3.35. The molecule has 0 saturated heterocycles. The number of nitrogens with zero attached hydrogens (tertiary/aromatic N) is 2. The number of carbonyl (C=O) groups is 1. The van der Waals surface area contributed by atoms with E-state index in [1.54, 1.807) is 23.7 Å². The number of carboxylic acid groups (broad SMARTS) is 1. The monoisotopic (exact) mass is 324 g/mol. The molecule has 0 aliphatic carbocycles. The Balaban J connectivity index is 1.93. The maximum Gasteiger partial charge on any atom is 0.303 e. The van der Waals surface area contributed by atoms with Crippen LogP contribution in [0.4, 0.5) is 0 Å². The summed E-state index contributed by atoms with van der Waals surface area (Å²) in [5, 5.41) is 9.80. The summed E-state index contributed by atoms with van der Waals surface area (Å²) in [6, 6.07) is 11.9. The molecule has 116 valence electrons. The van der Waals surface area contributed by atoms with Crippen LogP contribution < -0.4 is 0 Å². The van der Waals surface area contributed by atoms with Crippen molar-refractivity contribution in [1.82, 2.24) is 9.97 Å². The quantitative estimate of drug-likeness (QED) is 0.726. The summed E-state index contributed by atoms with van der Waals surface area (Å²) in [4.78, 5) is 19.6. The van der Waals surface area contributed by atoms with Crippen molar-refractivity contribution in [3.63, 3.8) is 0 Å². The average Bonchev–Trinajstić information content (AvgIpc) is 2.98. The molecule has 3 aromatic rings. The van der Waals surface area contributed by atoms with Crippen LogP contribution in [0.25, 0.3) is 21.9 Å². The van der Waals surface area contributed by atoms with Crippen LogP contribution >= 0.6 is 11.3 Å². The highest BCUT2D eigenvalue weighted by atomic mass is 32.1. The van der Waals surface area contributed by atoms with Crippen molar-refractivity contribution < 1.29 is 9.90 Å². The predicted molar refractivity (Wildman–Crippen MR) is 93.2 cm³/mol. The molecular formula is C18H16N2O2S. The van der Waals surface area contributed by atoms with Gasteiger partial charge in [-0.2, -0.15) is 0 Å². The van der Waals surface area contributed by atoms with Crippen molar-refractivity contribution in [2.75, 3.05) is 0 Å². The van der Waals surface area contributed by atoms with E-state index in [9.17, 15) is 4.79 Å². The number of carboxylic acids is 1. The van der Waals surface area contributed by atoms with Gasteiger partial charge in [-0.25, -0.2) is 4.98 Å². The van der Waals surface area contributed by atoms with Crippen LogP contribution in [-0.4, -0.2) is 21.0 Å². The van der Waals surface area contributed by atoms with Crippen molar-refractivity contribution in [1.29, 1.82) is 0 Å². The fraction of sp³-hybridized carbons (Fsp3) is 0.167. The Morgan fingerprint density at radius 1 is 1.17 bits per heavy atom. The van der Waals surface area contributed by atoms with Gasteiger partial charge in [0.25, 0.3) is 0 Å². The second-order valence-corrected chi connectivity index (χ2v) is 6.22. The maximum absolute atomic E-state index is 10.8. The highest BCUT2D eigenvalue weighted by Crippen LogP contribution is 2.31. The lowest BCUT2D eigenvalue weighted by molar-refractivity contribution is -0.137. The Hall–Kier alpha value is -2.53. The van der Waals surface area contributed by atoms with E-state index in [-0.39, 0.29) is 6.42 Å². The molecule has 4 nitrogen and oxygen atoms in total.